The molecule has 0 aliphatic heterocycles. The quantitative estimate of drug-likeness (QED) is 0.208. The number of rotatable bonds is 10. The maximum absolute atomic E-state index is 2.48. The van der Waals surface area contributed by atoms with Crippen molar-refractivity contribution in [2.24, 2.45) is 11.8 Å². The maximum atomic E-state index is 2.48. The third-order valence-corrected chi connectivity index (χ3v) is 8.84. The van der Waals surface area contributed by atoms with Gasteiger partial charge in [0.15, 0.2) is 0 Å². The zero-order chi connectivity index (χ0) is 25.8. The van der Waals surface area contributed by atoms with Crippen LogP contribution >= 0.6 is 0 Å². The molecule has 2 heteroatoms. The predicted molar refractivity (Wildman–Crippen MR) is 158 cm³/mol. The van der Waals surface area contributed by atoms with Crippen molar-refractivity contribution in [2.45, 2.75) is 61.6 Å². The molecule has 0 N–H and O–H groups in total. The molecule has 0 saturated carbocycles. The average molecular weight is 461 g/mol. The predicted octanol–water partition coefficient (Wildman–Crippen LogP) is 8.54. The van der Waals surface area contributed by atoms with E-state index in [9.17, 15) is 0 Å². The number of hydrogen-bond acceptors (Lipinski definition) is 0. The summed E-state index contributed by atoms with van der Waals surface area (Å²) < 4.78 is -0.0271. The fourth-order valence-electron chi connectivity index (χ4n) is 6.03. The Bertz CT molecular complexity index is 1170. The Hall–Kier alpha value is -1.67. The van der Waals surface area contributed by atoms with Gasteiger partial charge in [-0.15, -0.1) is 0 Å². The van der Waals surface area contributed by atoms with Crippen LogP contribution in [-0.2, 0) is 8.18 Å². The van der Waals surface area contributed by atoms with Crippen LogP contribution in [0.25, 0.3) is 10.8 Å². The molecule has 0 saturated heterocycles. The minimum absolute atomic E-state index is 0.0136. The molecule has 4 aromatic carbocycles. The van der Waals surface area contributed by atoms with Crippen molar-refractivity contribution in [1.82, 2.24) is 0 Å². The Morgan fingerprint density at radius 3 is 1.28 bits per heavy atom. The van der Waals surface area contributed by atoms with Crippen LogP contribution in [-0.4, -0.2) is 35.4 Å². The van der Waals surface area contributed by atoms with Crippen LogP contribution in [0.4, 0.5) is 0 Å². The molecule has 0 spiro atoms. The summed E-state index contributed by atoms with van der Waals surface area (Å²) in [6.45, 7) is 9.40. The van der Waals surface area contributed by atoms with E-state index in [1.807, 2.05) is 0 Å². The van der Waals surface area contributed by atoms with Gasteiger partial charge in [0.05, 0.1) is 0 Å². The molecule has 36 heavy (non-hydrogen) atoms. The second-order valence-electron chi connectivity index (χ2n) is 11.6. The van der Waals surface area contributed by atoms with E-state index in [0.717, 1.165) is 12.8 Å². The van der Waals surface area contributed by atoms with E-state index in [-0.39, 0.29) is 8.18 Å². The first-order valence-electron chi connectivity index (χ1n) is 14.0. The normalized spacial score (nSPS) is 16.8. The zero-order valence-corrected chi connectivity index (χ0v) is 23.2. The van der Waals surface area contributed by atoms with E-state index in [1.54, 1.807) is 0 Å². The van der Waals surface area contributed by atoms with Gasteiger partial charge in [0.2, 0.25) is 0 Å². The second kappa shape index (κ2) is 11.8. The first kappa shape index (κ1) is 27.4. The number of benzene rings is 4. The van der Waals surface area contributed by atoms with Crippen molar-refractivity contribution in [2.75, 3.05) is 0 Å². The van der Waals surface area contributed by atoms with Crippen LogP contribution in [0.3, 0.4) is 0 Å². The molecule has 4 aromatic rings. The standard InChI is InChI=1S/C34H38.2Li/c1-5-25(3)21-33(28-13-9-7-10-14-28)30-19-17-27-18-20-31(24-32(27)23-30)34(22-26(4)6-2)29-15-11-8-12-16-29;;/h7-20,23-26H,5-6,21-22H2,1-4H3;;. The van der Waals surface area contributed by atoms with E-state index in [1.165, 1.54) is 45.9 Å². The topological polar surface area (TPSA) is 0 Å². The summed E-state index contributed by atoms with van der Waals surface area (Å²) >= 11 is 4.88. The molecule has 0 heterocycles. The molecular formula is C34H38Li2. The van der Waals surface area contributed by atoms with Crippen LogP contribution < -0.4 is 0 Å². The molecule has 0 bridgehead atoms. The van der Waals surface area contributed by atoms with Crippen molar-refractivity contribution >= 4 is 46.2 Å². The average Bonchev–Trinajstić information content (AvgIpc) is 2.93. The fraction of sp³-hybridized carbons (Fsp3) is 0.353. The van der Waals surface area contributed by atoms with Crippen LogP contribution in [0.15, 0.2) is 97.1 Å². The summed E-state index contributed by atoms with van der Waals surface area (Å²) in [7, 11) is 0. The van der Waals surface area contributed by atoms with Gasteiger partial charge >= 0.3 is 239 Å². The molecule has 0 fully saturated rings. The third kappa shape index (κ3) is 5.75. The van der Waals surface area contributed by atoms with Crippen LogP contribution in [0.5, 0.6) is 0 Å². The second-order valence-corrected chi connectivity index (χ2v) is 11.6. The minimum atomic E-state index is -0.0136. The van der Waals surface area contributed by atoms with Crippen LogP contribution in [0.2, 0.25) is 0 Å². The van der Waals surface area contributed by atoms with Gasteiger partial charge in [0, 0.05) is 0 Å². The molecule has 176 valence electrons. The van der Waals surface area contributed by atoms with Crippen LogP contribution in [0.1, 0.15) is 75.6 Å². The molecule has 0 radical (unpaired) electrons. The zero-order valence-electron chi connectivity index (χ0n) is 23.2. The molecule has 4 rings (SSSR count). The van der Waals surface area contributed by atoms with E-state index >= 15 is 0 Å². The first-order valence-corrected chi connectivity index (χ1v) is 14.0. The first-order chi connectivity index (χ1) is 17.3. The van der Waals surface area contributed by atoms with Gasteiger partial charge in [-0.05, 0) is 0 Å². The van der Waals surface area contributed by atoms with Gasteiger partial charge in [-0.2, -0.15) is 0 Å². The summed E-state index contributed by atoms with van der Waals surface area (Å²) in [5.74, 6) is 1.32. The molecule has 0 amide bonds. The Morgan fingerprint density at radius 2 is 0.917 bits per heavy atom. The summed E-state index contributed by atoms with van der Waals surface area (Å²) in [5.41, 5.74) is 5.65. The molecule has 4 unspecified atom stereocenters. The summed E-state index contributed by atoms with van der Waals surface area (Å²) in [5, 5.41) is 2.67. The van der Waals surface area contributed by atoms with E-state index in [4.69, 9.17) is 0 Å². The van der Waals surface area contributed by atoms with E-state index in [0.29, 0.717) is 11.8 Å². The van der Waals surface area contributed by atoms with Crippen molar-refractivity contribution < 1.29 is 0 Å². The van der Waals surface area contributed by atoms with Gasteiger partial charge in [-0.3, -0.25) is 0 Å². The monoisotopic (exact) mass is 460 g/mol. The van der Waals surface area contributed by atoms with Crippen molar-refractivity contribution in [1.29, 1.82) is 0 Å². The summed E-state index contributed by atoms with van der Waals surface area (Å²) in [6, 6.07) is 36.6. The van der Waals surface area contributed by atoms with E-state index in [2.05, 4.69) is 160 Å². The Balaban J connectivity index is 1.85. The summed E-state index contributed by atoms with van der Waals surface area (Å²) in [4.78, 5) is 0. The van der Waals surface area contributed by atoms with Gasteiger partial charge in [0.1, 0.15) is 0 Å². The Kier molecular flexibility index (Phi) is 8.98. The molecule has 0 aliphatic carbocycles. The van der Waals surface area contributed by atoms with Gasteiger partial charge in [-0.25, -0.2) is 0 Å². The van der Waals surface area contributed by atoms with Gasteiger partial charge in [-0.1, -0.05) is 0 Å². The van der Waals surface area contributed by atoms with Gasteiger partial charge < -0.3 is 0 Å². The molecule has 0 aromatic heterocycles. The van der Waals surface area contributed by atoms with Crippen molar-refractivity contribution in [3.05, 3.63) is 119 Å². The van der Waals surface area contributed by atoms with Crippen LogP contribution in [0, 0.1) is 11.8 Å². The molecule has 4 atom stereocenters. The summed E-state index contributed by atoms with van der Waals surface area (Å²) in [6.07, 6.45) is 4.69. The van der Waals surface area contributed by atoms with E-state index < -0.39 is 0 Å². The molecular weight excluding hydrogens is 422 g/mol. The van der Waals surface area contributed by atoms with Gasteiger partial charge in [0.25, 0.3) is 0 Å². The van der Waals surface area contributed by atoms with Crippen molar-refractivity contribution in [3.63, 3.8) is 0 Å². The number of hydrogen-bond donors (Lipinski definition) is 0. The molecule has 0 nitrogen and oxygen atoms in total. The molecule has 0 aliphatic rings. The fourth-order valence-corrected chi connectivity index (χ4v) is 6.03. The van der Waals surface area contributed by atoms with Crippen molar-refractivity contribution in [3.8, 4) is 0 Å². The Labute approximate surface area is 237 Å². The number of fused-ring (bicyclic) bond motifs is 1. The third-order valence-electron chi connectivity index (χ3n) is 8.84. The SMILES string of the molecule is [Li][C](CC(C)CC)(c1ccccc1)c1ccc2ccc([C]([Li])(CC(C)CC)c3ccccc3)cc2c1. The Morgan fingerprint density at radius 1 is 0.528 bits per heavy atom.